The van der Waals surface area contributed by atoms with Crippen LogP contribution in [0.4, 0.5) is 0 Å². The standard InChI is InChI=1S/C5H12O3.C2H6O/c1-2-8-4-5(7)3-6;1-2-3/h5-7H,2-4H2,1H3;3H,2H2,1H3. The molecule has 0 saturated carbocycles. The van der Waals surface area contributed by atoms with Gasteiger partial charge in [0, 0.05) is 13.2 Å². The lowest BCUT2D eigenvalue weighted by Crippen LogP contribution is -2.19. The van der Waals surface area contributed by atoms with Crippen molar-refractivity contribution in [3.8, 4) is 0 Å². The second kappa shape index (κ2) is 12.5. The van der Waals surface area contributed by atoms with Gasteiger partial charge >= 0.3 is 0 Å². The van der Waals surface area contributed by atoms with E-state index in [0.717, 1.165) is 0 Å². The van der Waals surface area contributed by atoms with E-state index in [4.69, 9.17) is 20.1 Å². The molecule has 11 heavy (non-hydrogen) atoms. The third-order valence-corrected chi connectivity index (χ3v) is 0.725. The van der Waals surface area contributed by atoms with Gasteiger partial charge in [0.25, 0.3) is 0 Å². The van der Waals surface area contributed by atoms with Crippen LogP contribution < -0.4 is 0 Å². The van der Waals surface area contributed by atoms with Crippen molar-refractivity contribution in [1.82, 2.24) is 0 Å². The summed E-state index contributed by atoms with van der Waals surface area (Å²) in [6.07, 6.45) is -0.713. The molecule has 0 aromatic heterocycles. The minimum Gasteiger partial charge on any atom is -0.397 e. The maximum Gasteiger partial charge on any atom is 0.100 e. The molecule has 70 valence electrons. The minimum atomic E-state index is -0.713. The highest BCUT2D eigenvalue weighted by Gasteiger charge is 1.98. The largest absolute Gasteiger partial charge is 0.397 e. The van der Waals surface area contributed by atoms with Gasteiger partial charge in [-0.05, 0) is 13.8 Å². The zero-order chi connectivity index (χ0) is 9.11. The van der Waals surface area contributed by atoms with E-state index in [9.17, 15) is 0 Å². The lowest BCUT2D eigenvalue weighted by atomic mass is 10.4. The lowest BCUT2D eigenvalue weighted by Gasteiger charge is -2.04. The van der Waals surface area contributed by atoms with Gasteiger partial charge in [-0.3, -0.25) is 0 Å². The van der Waals surface area contributed by atoms with Gasteiger partial charge in [-0.1, -0.05) is 0 Å². The van der Waals surface area contributed by atoms with Crippen LogP contribution in [-0.2, 0) is 4.74 Å². The summed E-state index contributed by atoms with van der Waals surface area (Å²) in [5, 5.41) is 24.4. The summed E-state index contributed by atoms with van der Waals surface area (Å²) >= 11 is 0. The number of ether oxygens (including phenoxy) is 1. The first kappa shape index (κ1) is 13.4. The van der Waals surface area contributed by atoms with E-state index in [2.05, 4.69) is 0 Å². The van der Waals surface area contributed by atoms with Gasteiger partial charge in [0.15, 0.2) is 0 Å². The summed E-state index contributed by atoms with van der Waals surface area (Å²) in [6, 6.07) is 0. The summed E-state index contributed by atoms with van der Waals surface area (Å²) in [5.74, 6) is 0. The first-order valence-electron chi connectivity index (χ1n) is 3.70. The van der Waals surface area contributed by atoms with Gasteiger partial charge in [-0.25, -0.2) is 0 Å². The molecule has 0 fully saturated rings. The predicted octanol–water partition coefficient (Wildman–Crippen LogP) is -0.625. The maximum absolute atomic E-state index is 8.61. The van der Waals surface area contributed by atoms with Gasteiger partial charge in [0.2, 0.25) is 0 Å². The zero-order valence-electron chi connectivity index (χ0n) is 7.16. The van der Waals surface area contributed by atoms with E-state index < -0.39 is 6.10 Å². The minimum absolute atomic E-state index is 0.222. The lowest BCUT2D eigenvalue weighted by molar-refractivity contribution is 0.0104. The van der Waals surface area contributed by atoms with Crippen molar-refractivity contribution < 1.29 is 20.1 Å². The molecule has 0 heterocycles. The van der Waals surface area contributed by atoms with Crippen LogP contribution in [0.2, 0.25) is 0 Å². The highest BCUT2D eigenvalue weighted by Crippen LogP contribution is 1.81. The third kappa shape index (κ3) is 17.7. The summed E-state index contributed by atoms with van der Waals surface area (Å²) < 4.78 is 4.78. The van der Waals surface area contributed by atoms with Crippen LogP contribution in [0.5, 0.6) is 0 Å². The molecule has 0 aliphatic heterocycles. The number of hydrogen-bond donors (Lipinski definition) is 3. The van der Waals surface area contributed by atoms with Crippen molar-refractivity contribution in [1.29, 1.82) is 0 Å². The van der Waals surface area contributed by atoms with E-state index in [1.165, 1.54) is 0 Å². The topological polar surface area (TPSA) is 69.9 Å². The Kier molecular flexibility index (Phi) is 15.3. The van der Waals surface area contributed by atoms with E-state index in [1.54, 1.807) is 6.92 Å². The first-order chi connectivity index (χ1) is 5.22. The molecule has 0 radical (unpaired) electrons. The molecule has 1 atom stereocenters. The molecule has 4 heteroatoms. The van der Waals surface area contributed by atoms with Crippen LogP contribution in [-0.4, -0.2) is 47.9 Å². The second-order valence-electron chi connectivity index (χ2n) is 1.81. The smallest absolute Gasteiger partial charge is 0.100 e. The van der Waals surface area contributed by atoms with Crippen LogP contribution in [0, 0.1) is 0 Å². The van der Waals surface area contributed by atoms with Gasteiger partial charge in [0.05, 0.1) is 13.2 Å². The van der Waals surface area contributed by atoms with Crippen molar-refractivity contribution in [2.45, 2.75) is 20.0 Å². The highest BCUT2D eigenvalue weighted by atomic mass is 16.5. The summed E-state index contributed by atoms with van der Waals surface area (Å²) in [4.78, 5) is 0. The Morgan fingerprint density at radius 2 is 1.73 bits per heavy atom. The fourth-order valence-corrected chi connectivity index (χ4v) is 0.307. The summed E-state index contributed by atoms with van der Waals surface area (Å²) in [6.45, 7) is 4.36. The molecule has 0 aromatic rings. The molecular weight excluding hydrogens is 148 g/mol. The van der Waals surface area contributed by atoms with Gasteiger partial charge in [-0.15, -0.1) is 0 Å². The number of aliphatic hydroxyl groups is 3. The Morgan fingerprint density at radius 1 is 1.27 bits per heavy atom. The van der Waals surface area contributed by atoms with Crippen molar-refractivity contribution in [3.63, 3.8) is 0 Å². The van der Waals surface area contributed by atoms with Crippen LogP contribution >= 0.6 is 0 Å². The SMILES string of the molecule is CCO.CCOCC(O)CO. The highest BCUT2D eigenvalue weighted by molar-refractivity contribution is 4.47. The fourth-order valence-electron chi connectivity index (χ4n) is 0.307. The molecule has 0 spiro atoms. The first-order valence-corrected chi connectivity index (χ1v) is 3.70. The number of rotatable bonds is 4. The normalized spacial score (nSPS) is 11.7. The van der Waals surface area contributed by atoms with Crippen LogP contribution in [0.15, 0.2) is 0 Å². The molecule has 0 saturated heterocycles. The van der Waals surface area contributed by atoms with E-state index in [0.29, 0.717) is 6.61 Å². The average Bonchev–Trinajstić information content (AvgIpc) is 2.02. The molecule has 3 N–H and O–H groups in total. The van der Waals surface area contributed by atoms with Gasteiger partial charge in [-0.2, -0.15) is 0 Å². The number of aliphatic hydroxyl groups excluding tert-OH is 3. The summed E-state index contributed by atoms with van der Waals surface area (Å²) in [5.41, 5.74) is 0. The van der Waals surface area contributed by atoms with Crippen molar-refractivity contribution in [2.75, 3.05) is 26.4 Å². The van der Waals surface area contributed by atoms with Crippen molar-refractivity contribution in [2.24, 2.45) is 0 Å². The van der Waals surface area contributed by atoms with E-state index in [1.807, 2.05) is 6.92 Å². The Hall–Kier alpha value is -0.160. The fraction of sp³-hybridized carbons (Fsp3) is 1.00. The van der Waals surface area contributed by atoms with Crippen molar-refractivity contribution >= 4 is 0 Å². The molecule has 0 aliphatic rings. The average molecular weight is 166 g/mol. The quantitative estimate of drug-likeness (QED) is 0.520. The molecular formula is C7H18O4. The molecule has 0 amide bonds. The Labute approximate surface area is 67.4 Å². The number of hydrogen-bond acceptors (Lipinski definition) is 4. The van der Waals surface area contributed by atoms with Crippen molar-refractivity contribution in [3.05, 3.63) is 0 Å². The Morgan fingerprint density at radius 3 is 2.00 bits per heavy atom. The van der Waals surface area contributed by atoms with Crippen LogP contribution in [0.3, 0.4) is 0 Å². The molecule has 0 rings (SSSR count). The van der Waals surface area contributed by atoms with Gasteiger partial charge in [0.1, 0.15) is 6.10 Å². The zero-order valence-corrected chi connectivity index (χ0v) is 7.16. The monoisotopic (exact) mass is 166 g/mol. The second-order valence-corrected chi connectivity index (χ2v) is 1.81. The molecule has 1 unspecified atom stereocenters. The van der Waals surface area contributed by atoms with Crippen LogP contribution in [0.25, 0.3) is 0 Å². The van der Waals surface area contributed by atoms with E-state index in [-0.39, 0.29) is 19.8 Å². The predicted molar refractivity (Wildman–Crippen MR) is 42.3 cm³/mol. The van der Waals surface area contributed by atoms with Gasteiger partial charge < -0.3 is 20.1 Å². The van der Waals surface area contributed by atoms with E-state index >= 15 is 0 Å². The molecule has 4 nitrogen and oxygen atoms in total. The Bertz CT molecular complexity index is 58.4. The molecule has 0 aliphatic carbocycles. The third-order valence-electron chi connectivity index (χ3n) is 0.725. The molecule has 0 bridgehead atoms. The Balaban J connectivity index is 0. The molecule has 0 aromatic carbocycles. The summed E-state index contributed by atoms with van der Waals surface area (Å²) in [7, 11) is 0. The van der Waals surface area contributed by atoms with Crippen LogP contribution in [0.1, 0.15) is 13.8 Å². The maximum atomic E-state index is 8.61.